The summed E-state index contributed by atoms with van der Waals surface area (Å²) in [4.78, 5) is 28.1. The van der Waals surface area contributed by atoms with Crippen molar-refractivity contribution in [1.29, 1.82) is 0 Å². The number of hydrogen-bond donors (Lipinski definition) is 1. The average Bonchev–Trinajstić information content (AvgIpc) is 2.82. The highest BCUT2D eigenvalue weighted by Gasteiger charge is 2.27. The summed E-state index contributed by atoms with van der Waals surface area (Å²) in [7, 11) is 1.82. The number of carbonyl (C=O) groups is 2. The minimum atomic E-state index is 0.0349. The van der Waals surface area contributed by atoms with Gasteiger partial charge in [0.15, 0.2) is 0 Å². The van der Waals surface area contributed by atoms with Crippen molar-refractivity contribution in [3.05, 3.63) is 24.0 Å². The van der Waals surface area contributed by atoms with Crippen LogP contribution in [0.15, 0.2) is 18.3 Å². The highest BCUT2D eigenvalue weighted by molar-refractivity contribution is 5.84. The van der Waals surface area contributed by atoms with E-state index in [1.165, 1.54) is 0 Å². The Kier molecular flexibility index (Phi) is 3.61. The van der Waals surface area contributed by atoms with E-state index in [1.807, 2.05) is 25.4 Å². The molecule has 1 heterocycles. The maximum Gasteiger partial charge on any atom is 0.225 e. The van der Waals surface area contributed by atoms with Crippen LogP contribution in [0.1, 0.15) is 31.4 Å². The maximum absolute atomic E-state index is 12.1. The fourth-order valence-electron chi connectivity index (χ4n) is 2.30. The van der Waals surface area contributed by atoms with Gasteiger partial charge in [0.2, 0.25) is 5.91 Å². The first-order chi connectivity index (χ1) is 8.16. The minimum absolute atomic E-state index is 0.0349. The van der Waals surface area contributed by atoms with Crippen LogP contribution < -0.4 is 0 Å². The molecule has 1 amide bonds. The summed E-state index contributed by atoms with van der Waals surface area (Å²) in [6.07, 6.45) is 4.41. The Balaban J connectivity index is 1.88. The van der Waals surface area contributed by atoms with Crippen LogP contribution in [0.4, 0.5) is 0 Å². The molecule has 0 aromatic carbocycles. The standard InChI is InChI=1S/C13H18N2O2/c1-15(9-11-3-2-8-14-11)13(17)10-4-6-12(16)7-5-10/h2-3,8,10,14H,4-7,9H2,1H3. The molecule has 1 fully saturated rings. The van der Waals surface area contributed by atoms with E-state index in [2.05, 4.69) is 4.98 Å². The van der Waals surface area contributed by atoms with Crippen LogP contribution in [0.5, 0.6) is 0 Å². The van der Waals surface area contributed by atoms with Gasteiger partial charge in [-0.3, -0.25) is 9.59 Å². The van der Waals surface area contributed by atoms with Crippen LogP contribution >= 0.6 is 0 Å². The molecule has 0 spiro atoms. The summed E-state index contributed by atoms with van der Waals surface area (Å²) >= 11 is 0. The first-order valence-corrected chi connectivity index (χ1v) is 6.06. The first kappa shape index (κ1) is 11.9. The van der Waals surface area contributed by atoms with Crippen molar-refractivity contribution in [3.8, 4) is 0 Å². The van der Waals surface area contributed by atoms with Crippen molar-refractivity contribution in [2.45, 2.75) is 32.2 Å². The van der Waals surface area contributed by atoms with Crippen molar-refractivity contribution in [2.75, 3.05) is 7.05 Å². The highest BCUT2D eigenvalue weighted by Crippen LogP contribution is 2.23. The number of carbonyl (C=O) groups excluding carboxylic acids is 2. The lowest BCUT2D eigenvalue weighted by Gasteiger charge is -2.25. The smallest absolute Gasteiger partial charge is 0.225 e. The molecule has 0 bridgehead atoms. The van der Waals surface area contributed by atoms with Crippen molar-refractivity contribution in [3.63, 3.8) is 0 Å². The Bertz CT molecular complexity index is 388. The topological polar surface area (TPSA) is 53.2 Å². The molecule has 0 atom stereocenters. The van der Waals surface area contributed by atoms with E-state index < -0.39 is 0 Å². The molecule has 0 aliphatic heterocycles. The number of nitrogens with zero attached hydrogens (tertiary/aromatic N) is 1. The molecule has 17 heavy (non-hydrogen) atoms. The molecule has 1 N–H and O–H groups in total. The number of H-pyrrole nitrogens is 1. The van der Waals surface area contributed by atoms with Gasteiger partial charge < -0.3 is 9.88 Å². The van der Waals surface area contributed by atoms with E-state index in [1.54, 1.807) is 4.90 Å². The summed E-state index contributed by atoms with van der Waals surface area (Å²) in [6, 6.07) is 3.89. The zero-order chi connectivity index (χ0) is 12.3. The molecule has 0 saturated heterocycles. The Morgan fingerprint density at radius 3 is 2.76 bits per heavy atom. The zero-order valence-electron chi connectivity index (χ0n) is 10.1. The van der Waals surface area contributed by atoms with Crippen LogP contribution in [0.25, 0.3) is 0 Å². The summed E-state index contributed by atoms with van der Waals surface area (Å²) in [6.45, 7) is 0.607. The molecule has 1 aliphatic carbocycles. The van der Waals surface area contributed by atoms with Gasteiger partial charge >= 0.3 is 0 Å². The lowest BCUT2D eigenvalue weighted by molar-refractivity contribution is -0.136. The normalized spacial score (nSPS) is 17.1. The third-order valence-electron chi connectivity index (χ3n) is 3.34. The fourth-order valence-corrected chi connectivity index (χ4v) is 2.30. The highest BCUT2D eigenvalue weighted by atomic mass is 16.2. The molecular weight excluding hydrogens is 216 g/mol. The molecule has 0 unspecified atom stereocenters. The van der Waals surface area contributed by atoms with Crippen molar-refractivity contribution in [1.82, 2.24) is 9.88 Å². The lowest BCUT2D eigenvalue weighted by atomic mass is 9.87. The predicted octanol–water partition coefficient (Wildman–Crippen LogP) is 1.73. The zero-order valence-corrected chi connectivity index (χ0v) is 10.1. The quantitative estimate of drug-likeness (QED) is 0.866. The number of Topliss-reactive ketones (excluding diaryl/α,β-unsaturated/α-hetero) is 1. The van der Waals surface area contributed by atoms with Crippen molar-refractivity contribution in [2.24, 2.45) is 5.92 Å². The summed E-state index contributed by atoms with van der Waals surface area (Å²) in [5, 5.41) is 0. The second-order valence-electron chi connectivity index (χ2n) is 4.70. The molecule has 92 valence electrons. The molecule has 4 heteroatoms. The number of amides is 1. The minimum Gasteiger partial charge on any atom is -0.364 e. The summed E-state index contributed by atoms with van der Waals surface area (Å²) in [5.74, 6) is 0.487. The number of nitrogens with one attached hydrogen (secondary N) is 1. The van der Waals surface area contributed by atoms with Gasteiger partial charge in [-0.2, -0.15) is 0 Å². The average molecular weight is 234 g/mol. The maximum atomic E-state index is 12.1. The van der Waals surface area contributed by atoms with E-state index in [9.17, 15) is 9.59 Å². The van der Waals surface area contributed by atoms with Crippen LogP contribution in [0.3, 0.4) is 0 Å². The number of ketones is 1. The van der Waals surface area contributed by atoms with E-state index in [0.29, 0.717) is 38.0 Å². The summed E-state index contributed by atoms with van der Waals surface area (Å²) < 4.78 is 0. The largest absolute Gasteiger partial charge is 0.364 e. The van der Waals surface area contributed by atoms with E-state index in [-0.39, 0.29) is 11.8 Å². The Hall–Kier alpha value is -1.58. The van der Waals surface area contributed by atoms with Gasteiger partial charge in [0.05, 0.1) is 6.54 Å². The number of hydrogen-bond acceptors (Lipinski definition) is 2. The molecule has 1 aromatic heterocycles. The van der Waals surface area contributed by atoms with Crippen LogP contribution in [-0.4, -0.2) is 28.6 Å². The van der Waals surface area contributed by atoms with Crippen LogP contribution in [0, 0.1) is 5.92 Å². The Morgan fingerprint density at radius 2 is 2.18 bits per heavy atom. The molecule has 1 aromatic rings. The van der Waals surface area contributed by atoms with Crippen molar-refractivity contribution < 1.29 is 9.59 Å². The molecule has 1 aliphatic rings. The van der Waals surface area contributed by atoms with Gasteiger partial charge in [0.25, 0.3) is 0 Å². The monoisotopic (exact) mass is 234 g/mol. The van der Waals surface area contributed by atoms with Gasteiger partial charge in [-0.05, 0) is 25.0 Å². The molecule has 2 rings (SSSR count). The third-order valence-corrected chi connectivity index (χ3v) is 3.34. The fraction of sp³-hybridized carbons (Fsp3) is 0.538. The van der Waals surface area contributed by atoms with Crippen molar-refractivity contribution >= 4 is 11.7 Å². The number of rotatable bonds is 3. The Morgan fingerprint density at radius 1 is 1.47 bits per heavy atom. The van der Waals surface area contributed by atoms with Gasteiger partial charge in [-0.15, -0.1) is 0 Å². The Labute approximate surface area is 101 Å². The molecule has 4 nitrogen and oxygen atoms in total. The van der Waals surface area contributed by atoms with E-state index in [4.69, 9.17) is 0 Å². The predicted molar refractivity (Wildman–Crippen MR) is 64.2 cm³/mol. The lowest BCUT2D eigenvalue weighted by Crippen LogP contribution is -2.34. The van der Waals surface area contributed by atoms with Crippen LogP contribution in [-0.2, 0) is 16.1 Å². The molecular formula is C13H18N2O2. The second-order valence-corrected chi connectivity index (χ2v) is 4.70. The number of aromatic amines is 1. The van der Waals surface area contributed by atoms with Crippen LogP contribution in [0.2, 0.25) is 0 Å². The van der Waals surface area contributed by atoms with E-state index >= 15 is 0 Å². The first-order valence-electron chi connectivity index (χ1n) is 6.06. The third kappa shape index (κ3) is 2.96. The molecule has 1 saturated carbocycles. The van der Waals surface area contributed by atoms with Gasteiger partial charge in [-0.1, -0.05) is 0 Å². The number of aromatic nitrogens is 1. The van der Waals surface area contributed by atoms with Gasteiger partial charge in [0, 0.05) is 37.7 Å². The van der Waals surface area contributed by atoms with Gasteiger partial charge in [-0.25, -0.2) is 0 Å². The van der Waals surface area contributed by atoms with E-state index in [0.717, 1.165) is 5.69 Å². The second kappa shape index (κ2) is 5.17. The van der Waals surface area contributed by atoms with Gasteiger partial charge in [0.1, 0.15) is 5.78 Å². The SMILES string of the molecule is CN(Cc1ccc[nH]1)C(=O)C1CCC(=O)CC1. The molecule has 0 radical (unpaired) electrons. The summed E-state index contributed by atoms with van der Waals surface area (Å²) in [5.41, 5.74) is 1.03.